The van der Waals surface area contributed by atoms with Crippen LogP contribution in [0.5, 0.6) is 5.75 Å². The number of amides is 2. The van der Waals surface area contributed by atoms with E-state index < -0.39 is 6.10 Å². The van der Waals surface area contributed by atoms with Crippen molar-refractivity contribution in [2.24, 2.45) is 11.8 Å². The Labute approximate surface area is 165 Å². The zero-order valence-electron chi connectivity index (χ0n) is 15.9. The minimum absolute atomic E-state index is 0.0862. The van der Waals surface area contributed by atoms with E-state index in [1.165, 1.54) is 0 Å². The molecule has 2 saturated heterocycles. The number of nitrogens with zero attached hydrogens (tertiary/aromatic N) is 3. The number of nitrogens with one attached hydrogen (secondary N) is 1. The van der Waals surface area contributed by atoms with Gasteiger partial charge in [-0.15, -0.1) is 6.42 Å². The Morgan fingerprint density at radius 3 is 2.57 bits per heavy atom. The van der Waals surface area contributed by atoms with Crippen LogP contribution < -0.4 is 10.1 Å². The second-order valence-electron chi connectivity index (χ2n) is 7.56. The molecule has 0 spiro atoms. The van der Waals surface area contributed by atoms with Crippen molar-refractivity contribution >= 4 is 6.03 Å². The van der Waals surface area contributed by atoms with Gasteiger partial charge in [0.2, 0.25) is 0 Å². The first kappa shape index (κ1) is 20.0. The average Bonchev–Trinajstić information content (AvgIpc) is 2.70. The molecule has 2 unspecified atom stereocenters. The standard InChI is InChI=1S/C21H26N4O3/c1-2-7-23-21(27)25-12-17-8-18(13-25)11-24(10-17)14-19(26)15-28-20-5-3-16(9-22)4-6-20/h1,3-6,17-19,26H,7-8,10-15H2,(H,23,27)/t17?,18?,19-/m0/s1. The van der Waals surface area contributed by atoms with E-state index in [2.05, 4.69) is 22.2 Å². The summed E-state index contributed by atoms with van der Waals surface area (Å²) >= 11 is 0. The van der Waals surface area contributed by atoms with Crippen LogP contribution >= 0.6 is 0 Å². The van der Waals surface area contributed by atoms with Crippen molar-refractivity contribution in [1.82, 2.24) is 15.1 Å². The molecule has 2 heterocycles. The maximum absolute atomic E-state index is 12.1. The number of carbonyl (C=O) groups is 1. The number of piperidine rings is 2. The fourth-order valence-electron chi connectivity index (χ4n) is 4.11. The van der Waals surface area contributed by atoms with Crippen molar-refractivity contribution < 1.29 is 14.6 Å². The van der Waals surface area contributed by atoms with Gasteiger partial charge in [-0.1, -0.05) is 5.92 Å². The Kier molecular flexibility index (Phi) is 6.76. The summed E-state index contributed by atoms with van der Waals surface area (Å²) < 4.78 is 5.63. The molecule has 2 amide bonds. The maximum atomic E-state index is 12.1. The van der Waals surface area contributed by atoms with E-state index in [4.69, 9.17) is 16.4 Å². The average molecular weight is 382 g/mol. The molecule has 0 aromatic heterocycles. The summed E-state index contributed by atoms with van der Waals surface area (Å²) in [4.78, 5) is 16.3. The highest BCUT2D eigenvalue weighted by Crippen LogP contribution is 2.28. The summed E-state index contributed by atoms with van der Waals surface area (Å²) in [7, 11) is 0. The minimum atomic E-state index is -0.593. The van der Waals surface area contributed by atoms with E-state index in [1.54, 1.807) is 24.3 Å². The largest absolute Gasteiger partial charge is 0.491 e. The van der Waals surface area contributed by atoms with Gasteiger partial charge in [-0.2, -0.15) is 5.26 Å². The van der Waals surface area contributed by atoms with Gasteiger partial charge in [0, 0.05) is 32.7 Å². The number of β-amino-alcohol motifs (C(OH)–C–C–N with tert-alkyl or cyclic N) is 1. The van der Waals surface area contributed by atoms with E-state index in [1.807, 2.05) is 4.90 Å². The molecule has 1 aromatic carbocycles. The monoisotopic (exact) mass is 382 g/mol. The number of benzene rings is 1. The molecule has 2 fully saturated rings. The van der Waals surface area contributed by atoms with Gasteiger partial charge in [0.25, 0.3) is 0 Å². The third-order valence-electron chi connectivity index (χ3n) is 5.18. The Bertz CT molecular complexity index is 738. The number of aliphatic hydroxyl groups excluding tert-OH is 1. The van der Waals surface area contributed by atoms with E-state index in [-0.39, 0.29) is 19.2 Å². The Hall–Kier alpha value is -2.74. The van der Waals surface area contributed by atoms with Crippen LogP contribution in [0.4, 0.5) is 4.79 Å². The number of aliphatic hydroxyl groups is 1. The second kappa shape index (κ2) is 9.45. The lowest BCUT2D eigenvalue weighted by atomic mass is 9.84. The van der Waals surface area contributed by atoms with Crippen molar-refractivity contribution in [2.45, 2.75) is 12.5 Å². The quantitative estimate of drug-likeness (QED) is 0.714. The van der Waals surface area contributed by atoms with Gasteiger partial charge in [-0.05, 0) is 42.5 Å². The third kappa shape index (κ3) is 5.39. The highest BCUT2D eigenvalue weighted by Gasteiger charge is 2.36. The number of likely N-dealkylation sites (tertiary alicyclic amines) is 2. The topological polar surface area (TPSA) is 88.8 Å². The Balaban J connectivity index is 1.43. The fourth-order valence-corrected chi connectivity index (χ4v) is 4.11. The van der Waals surface area contributed by atoms with Crippen LogP contribution in [0, 0.1) is 35.5 Å². The SMILES string of the molecule is C#CCNC(=O)N1CC2CC(CN(C[C@H](O)COc3ccc(C#N)cc3)C2)C1. The first-order valence-corrected chi connectivity index (χ1v) is 9.57. The number of hydrogen-bond donors (Lipinski definition) is 2. The summed E-state index contributed by atoms with van der Waals surface area (Å²) in [5, 5.41) is 21.9. The molecule has 2 aliphatic heterocycles. The molecule has 3 rings (SSSR count). The van der Waals surface area contributed by atoms with Gasteiger partial charge >= 0.3 is 6.03 Å². The number of nitriles is 1. The first-order chi connectivity index (χ1) is 13.6. The molecule has 0 radical (unpaired) electrons. The van der Waals surface area contributed by atoms with Gasteiger partial charge in [0.15, 0.2) is 0 Å². The van der Waals surface area contributed by atoms with Crippen molar-refractivity contribution in [3.63, 3.8) is 0 Å². The minimum Gasteiger partial charge on any atom is -0.491 e. The third-order valence-corrected chi connectivity index (χ3v) is 5.18. The molecular weight excluding hydrogens is 356 g/mol. The highest BCUT2D eigenvalue weighted by molar-refractivity contribution is 5.74. The van der Waals surface area contributed by atoms with Crippen molar-refractivity contribution in [2.75, 3.05) is 45.9 Å². The molecule has 0 saturated carbocycles. The van der Waals surface area contributed by atoms with Crippen LogP contribution in [-0.4, -0.2) is 72.9 Å². The van der Waals surface area contributed by atoms with Crippen molar-refractivity contribution in [3.8, 4) is 24.2 Å². The van der Waals surface area contributed by atoms with Crippen molar-refractivity contribution in [3.05, 3.63) is 29.8 Å². The van der Waals surface area contributed by atoms with Crippen LogP contribution in [0.3, 0.4) is 0 Å². The van der Waals surface area contributed by atoms with E-state index in [9.17, 15) is 9.90 Å². The lowest BCUT2D eigenvalue weighted by Gasteiger charge is -2.46. The number of rotatable bonds is 6. The highest BCUT2D eigenvalue weighted by atomic mass is 16.5. The maximum Gasteiger partial charge on any atom is 0.318 e. The molecule has 1 aromatic rings. The number of fused-ring (bicyclic) bond motifs is 2. The van der Waals surface area contributed by atoms with Gasteiger partial charge in [0.05, 0.1) is 18.2 Å². The summed E-state index contributed by atoms with van der Waals surface area (Å²) in [5.41, 5.74) is 0.578. The molecular formula is C21H26N4O3. The zero-order valence-corrected chi connectivity index (χ0v) is 15.9. The second-order valence-corrected chi connectivity index (χ2v) is 7.56. The molecule has 2 bridgehead atoms. The van der Waals surface area contributed by atoms with Gasteiger partial charge in [-0.3, -0.25) is 4.90 Å². The number of carbonyl (C=O) groups excluding carboxylic acids is 1. The summed E-state index contributed by atoms with van der Waals surface area (Å²) in [6.07, 6.45) is 5.73. The van der Waals surface area contributed by atoms with Gasteiger partial charge in [-0.25, -0.2) is 4.79 Å². The number of ether oxygens (including phenoxy) is 1. The van der Waals surface area contributed by atoms with E-state index >= 15 is 0 Å². The molecule has 28 heavy (non-hydrogen) atoms. The van der Waals surface area contributed by atoms with Crippen LogP contribution in [0.2, 0.25) is 0 Å². The fraction of sp³-hybridized carbons (Fsp3) is 0.524. The first-order valence-electron chi connectivity index (χ1n) is 9.57. The van der Waals surface area contributed by atoms with E-state index in [0.717, 1.165) is 32.6 Å². The predicted molar refractivity (Wildman–Crippen MR) is 105 cm³/mol. The van der Waals surface area contributed by atoms with Gasteiger partial charge < -0.3 is 20.1 Å². The predicted octanol–water partition coefficient (Wildman–Crippen LogP) is 0.894. The number of urea groups is 1. The van der Waals surface area contributed by atoms with Gasteiger partial charge in [0.1, 0.15) is 18.5 Å². The molecule has 2 aliphatic rings. The van der Waals surface area contributed by atoms with E-state index in [0.29, 0.717) is 29.7 Å². The molecule has 148 valence electrons. The molecule has 7 nitrogen and oxygen atoms in total. The Morgan fingerprint density at radius 2 is 1.96 bits per heavy atom. The van der Waals surface area contributed by atoms with Crippen LogP contribution in [0.15, 0.2) is 24.3 Å². The van der Waals surface area contributed by atoms with Crippen molar-refractivity contribution in [1.29, 1.82) is 5.26 Å². The normalized spacial score (nSPS) is 22.6. The molecule has 3 atom stereocenters. The smallest absolute Gasteiger partial charge is 0.318 e. The summed E-state index contributed by atoms with van der Waals surface area (Å²) in [6.45, 7) is 4.18. The van der Waals surface area contributed by atoms with Crippen LogP contribution in [-0.2, 0) is 0 Å². The zero-order chi connectivity index (χ0) is 19.9. The number of hydrogen-bond acceptors (Lipinski definition) is 5. The number of terminal acetylenes is 1. The Morgan fingerprint density at radius 1 is 1.29 bits per heavy atom. The molecule has 7 heteroatoms. The molecule has 2 N–H and O–H groups in total. The van der Waals surface area contributed by atoms with Crippen LogP contribution in [0.25, 0.3) is 0 Å². The summed E-state index contributed by atoms with van der Waals surface area (Å²) in [5.74, 6) is 3.89. The molecule has 0 aliphatic carbocycles. The summed E-state index contributed by atoms with van der Waals surface area (Å²) in [6, 6.07) is 8.83. The lowest BCUT2D eigenvalue weighted by molar-refractivity contribution is 0.00930. The lowest BCUT2D eigenvalue weighted by Crippen LogP contribution is -2.57. The van der Waals surface area contributed by atoms with Crippen LogP contribution in [0.1, 0.15) is 12.0 Å².